The van der Waals surface area contributed by atoms with Crippen LogP contribution in [0.4, 0.5) is 0 Å². The topological polar surface area (TPSA) is 68.3 Å². The van der Waals surface area contributed by atoms with Crippen molar-refractivity contribution in [3.05, 3.63) is 59.0 Å². The van der Waals surface area contributed by atoms with Crippen LogP contribution < -0.4 is 11.1 Å². The van der Waals surface area contributed by atoms with E-state index in [9.17, 15) is 4.79 Å². The number of carbonyl (C=O) groups is 1. The molecule has 4 heteroatoms. The Morgan fingerprint density at radius 3 is 2.68 bits per heavy atom. The molecule has 1 aromatic carbocycles. The highest BCUT2D eigenvalue weighted by molar-refractivity contribution is 5.95. The number of rotatable bonds is 5. The summed E-state index contributed by atoms with van der Waals surface area (Å²) in [7, 11) is 0. The quantitative estimate of drug-likeness (QED) is 0.864. The van der Waals surface area contributed by atoms with Gasteiger partial charge in [0.05, 0.1) is 11.8 Å². The van der Waals surface area contributed by atoms with Crippen LogP contribution in [0, 0.1) is 0 Å². The summed E-state index contributed by atoms with van der Waals surface area (Å²) in [5.41, 5.74) is 8.36. The molecule has 0 atom stereocenters. The van der Waals surface area contributed by atoms with Gasteiger partial charge in [0.1, 0.15) is 5.76 Å². The third-order valence-corrected chi connectivity index (χ3v) is 3.09. The smallest absolute Gasteiger partial charge is 0.255 e. The molecule has 2 rings (SSSR count). The molecule has 0 radical (unpaired) electrons. The molecule has 4 nitrogen and oxygen atoms in total. The average molecular weight is 258 g/mol. The first-order valence-electron chi connectivity index (χ1n) is 6.37. The number of benzene rings is 1. The van der Waals surface area contributed by atoms with Crippen LogP contribution in [0.15, 0.2) is 41.0 Å². The highest BCUT2D eigenvalue weighted by Crippen LogP contribution is 2.12. The molecule has 0 aliphatic carbocycles. The minimum absolute atomic E-state index is 0.113. The second-order valence-electron chi connectivity index (χ2n) is 4.27. The zero-order chi connectivity index (χ0) is 13.7. The summed E-state index contributed by atoms with van der Waals surface area (Å²) in [6.07, 6.45) is 2.25. The highest BCUT2D eigenvalue weighted by atomic mass is 16.3. The molecule has 3 N–H and O–H groups in total. The minimum Gasteiger partial charge on any atom is -0.469 e. The first-order chi connectivity index (χ1) is 9.26. The fourth-order valence-corrected chi connectivity index (χ4v) is 2.02. The van der Waals surface area contributed by atoms with Gasteiger partial charge in [0, 0.05) is 19.5 Å². The maximum absolute atomic E-state index is 12.1. The zero-order valence-electron chi connectivity index (χ0n) is 11.0. The van der Waals surface area contributed by atoms with E-state index in [1.165, 1.54) is 0 Å². The fraction of sp³-hybridized carbons (Fsp3) is 0.267. The van der Waals surface area contributed by atoms with Gasteiger partial charge in [0.15, 0.2) is 0 Å². The Morgan fingerprint density at radius 2 is 2.00 bits per heavy atom. The van der Waals surface area contributed by atoms with E-state index in [0.29, 0.717) is 30.8 Å². The molecule has 100 valence electrons. The standard InChI is InChI=1S/C15H18N2O2/c1-2-14-13(7-8-19-14)15(18)17-10-12-6-4-3-5-11(12)9-16/h3-8H,2,9-10,16H2,1H3,(H,17,18). The Bertz CT molecular complexity index is 561. The van der Waals surface area contributed by atoms with Gasteiger partial charge in [0.2, 0.25) is 0 Å². The van der Waals surface area contributed by atoms with E-state index in [-0.39, 0.29) is 5.91 Å². The molecule has 19 heavy (non-hydrogen) atoms. The number of hydrogen-bond acceptors (Lipinski definition) is 3. The van der Waals surface area contributed by atoms with Crippen molar-refractivity contribution in [3.63, 3.8) is 0 Å². The van der Waals surface area contributed by atoms with Gasteiger partial charge in [-0.05, 0) is 17.2 Å². The number of furan rings is 1. The van der Waals surface area contributed by atoms with Crippen molar-refractivity contribution < 1.29 is 9.21 Å². The number of hydrogen-bond donors (Lipinski definition) is 2. The summed E-state index contributed by atoms with van der Waals surface area (Å²) in [6, 6.07) is 9.52. The van der Waals surface area contributed by atoms with Crippen LogP contribution in [0.3, 0.4) is 0 Å². The molecule has 0 saturated carbocycles. The number of nitrogens with one attached hydrogen (secondary N) is 1. The number of amides is 1. The summed E-state index contributed by atoms with van der Waals surface area (Å²) in [6.45, 7) is 2.90. The Morgan fingerprint density at radius 1 is 1.26 bits per heavy atom. The molecule has 1 aromatic heterocycles. The predicted octanol–water partition coefficient (Wildman–Crippen LogP) is 2.23. The van der Waals surface area contributed by atoms with E-state index in [2.05, 4.69) is 5.32 Å². The number of aryl methyl sites for hydroxylation is 1. The fourth-order valence-electron chi connectivity index (χ4n) is 2.02. The zero-order valence-corrected chi connectivity index (χ0v) is 11.0. The van der Waals surface area contributed by atoms with Crippen molar-refractivity contribution in [3.8, 4) is 0 Å². The lowest BCUT2D eigenvalue weighted by atomic mass is 10.1. The molecule has 1 heterocycles. The lowest BCUT2D eigenvalue weighted by Crippen LogP contribution is -2.24. The van der Waals surface area contributed by atoms with Gasteiger partial charge in [-0.2, -0.15) is 0 Å². The summed E-state index contributed by atoms with van der Waals surface area (Å²) in [5, 5.41) is 2.90. The van der Waals surface area contributed by atoms with E-state index in [1.54, 1.807) is 12.3 Å². The molecule has 0 fully saturated rings. The van der Waals surface area contributed by atoms with Crippen molar-refractivity contribution in [1.29, 1.82) is 0 Å². The molecular formula is C15H18N2O2. The molecule has 0 spiro atoms. The molecule has 2 aromatic rings. The van der Waals surface area contributed by atoms with Crippen molar-refractivity contribution >= 4 is 5.91 Å². The molecule has 0 bridgehead atoms. The maximum atomic E-state index is 12.1. The Balaban J connectivity index is 2.04. The van der Waals surface area contributed by atoms with Crippen LogP contribution in [-0.4, -0.2) is 5.91 Å². The molecule has 0 aliphatic heterocycles. The predicted molar refractivity (Wildman–Crippen MR) is 73.6 cm³/mol. The van der Waals surface area contributed by atoms with Gasteiger partial charge in [-0.25, -0.2) is 0 Å². The summed E-state index contributed by atoms with van der Waals surface area (Å²) >= 11 is 0. The lowest BCUT2D eigenvalue weighted by molar-refractivity contribution is 0.0949. The molecule has 0 unspecified atom stereocenters. The van der Waals surface area contributed by atoms with Gasteiger partial charge < -0.3 is 15.5 Å². The lowest BCUT2D eigenvalue weighted by Gasteiger charge is -2.09. The van der Waals surface area contributed by atoms with Crippen LogP contribution in [0.25, 0.3) is 0 Å². The first kappa shape index (κ1) is 13.4. The van der Waals surface area contributed by atoms with Crippen LogP contribution in [0.1, 0.15) is 34.2 Å². The first-order valence-corrected chi connectivity index (χ1v) is 6.37. The summed E-state index contributed by atoms with van der Waals surface area (Å²) in [5.74, 6) is 0.599. The van der Waals surface area contributed by atoms with Crippen LogP contribution in [-0.2, 0) is 19.5 Å². The van der Waals surface area contributed by atoms with Crippen LogP contribution in [0.5, 0.6) is 0 Å². The summed E-state index contributed by atoms with van der Waals surface area (Å²) < 4.78 is 5.25. The van der Waals surface area contributed by atoms with E-state index in [1.807, 2.05) is 31.2 Å². The average Bonchev–Trinajstić information content (AvgIpc) is 2.93. The molecule has 0 saturated heterocycles. The van der Waals surface area contributed by atoms with E-state index in [4.69, 9.17) is 10.2 Å². The molecule has 0 aliphatic rings. The van der Waals surface area contributed by atoms with Crippen LogP contribution >= 0.6 is 0 Å². The second kappa shape index (κ2) is 6.20. The van der Waals surface area contributed by atoms with Crippen molar-refractivity contribution in [2.45, 2.75) is 26.4 Å². The summed E-state index contributed by atoms with van der Waals surface area (Å²) in [4.78, 5) is 12.1. The molecule has 1 amide bonds. The minimum atomic E-state index is -0.113. The van der Waals surface area contributed by atoms with Gasteiger partial charge in [0.25, 0.3) is 5.91 Å². The third-order valence-electron chi connectivity index (χ3n) is 3.09. The normalized spacial score (nSPS) is 10.4. The van der Waals surface area contributed by atoms with Crippen molar-refractivity contribution in [2.24, 2.45) is 5.73 Å². The number of carbonyl (C=O) groups excluding carboxylic acids is 1. The Labute approximate surface area is 112 Å². The Hall–Kier alpha value is -2.07. The van der Waals surface area contributed by atoms with E-state index < -0.39 is 0 Å². The van der Waals surface area contributed by atoms with Gasteiger partial charge in [-0.15, -0.1) is 0 Å². The van der Waals surface area contributed by atoms with Gasteiger partial charge in [-0.1, -0.05) is 31.2 Å². The van der Waals surface area contributed by atoms with Crippen molar-refractivity contribution in [1.82, 2.24) is 5.32 Å². The number of nitrogens with two attached hydrogens (primary N) is 1. The second-order valence-corrected chi connectivity index (χ2v) is 4.27. The maximum Gasteiger partial charge on any atom is 0.255 e. The van der Waals surface area contributed by atoms with Crippen molar-refractivity contribution in [2.75, 3.05) is 0 Å². The SMILES string of the molecule is CCc1occc1C(=O)NCc1ccccc1CN. The third kappa shape index (κ3) is 3.03. The monoisotopic (exact) mass is 258 g/mol. The largest absolute Gasteiger partial charge is 0.469 e. The molecular weight excluding hydrogens is 240 g/mol. The van der Waals surface area contributed by atoms with Gasteiger partial charge >= 0.3 is 0 Å². The van der Waals surface area contributed by atoms with E-state index >= 15 is 0 Å². The highest BCUT2D eigenvalue weighted by Gasteiger charge is 2.13. The van der Waals surface area contributed by atoms with Gasteiger partial charge in [-0.3, -0.25) is 4.79 Å². The van der Waals surface area contributed by atoms with Crippen LogP contribution in [0.2, 0.25) is 0 Å². The van der Waals surface area contributed by atoms with E-state index in [0.717, 1.165) is 11.1 Å². The Kier molecular flexibility index (Phi) is 4.36.